The number of para-hydroxylation sites is 3. The molecule has 0 amide bonds. The predicted octanol–water partition coefficient (Wildman–Crippen LogP) is 9.34. The van der Waals surface area contributed by atoms with Crippen molar-refractivity contribution in [2.75, 3.05) is 4.90 Å². The van der Waals surface area contributed by atoms with E-state index in [2.05, 4.69) is 144 Å². The summed E-state index contributed by atoms with van der Waals surface area (Å²) in [6, 6.07) is 50.5. The number of nitrogens with zero attached hydrogens (tertiary/aromatic N) is 1. The number of fused-ring (bicyclic) bond motifs is 5. The molecule has 0 aliphatic rings. The van der Waals surface area contributed by atoms with Gasteiger partial charge in [-0.1, -0.05) is 0 Å². The van der Waals surface area contributed by atoms with Crippen LogP contribution in [0.1, 0.15) is 0 Å². The van der Waals surface area contributed by atoms with Gasteiger partial charge in [-0.15, -0.1) is 0 Å². The van der Waals surface area contributed by atoms with E-state index < -0.39 is 0 Å². The van der Waals surface area contributed by atoms with Crippen molar-refractivity contribution in [1.82, 2.24) is 0 Å². The van der Waals surface area contributed by atoms with Gasteiger partial charge < -0.3 is 0 Å². The van der Waals surface area contributed by atoms with Crippen LogP contribution in [-0.4, -0.2) is 14.5 Å². The normalized spacial score (nSPS) is 11.3. The SMILES string of the molecule is c1ccc(N(c2ccccc2)c2ccccc2-c2ccc3c(c2)[se]c2c4ccccc4ccc32)cc1. The fraction of sp³-hybridized carbons (Fsp3) is 0. The Morgan fingerprint density at radius 3 is 1.89 bits per heavy atom. The third-order valence-corrected chi connectivity index (χ3v) is 9.37. The van der Waals surface area contributed by atoms with E-state index in [0.717, 1.165) is 11.4 Å². The third-order valence-electron chi connectivity index (χ3n) is 6.85. The van der Waals surface area contributed by atoms with Crippen molar-refractivity contribution in [2.45, 2.75) is 0 Å². The van der Waals surface area contributed by atoms with Crippen LogP contribution in [0, 0.1) is 0 Å². The molecular formula is C34H23NSe. The van der Waals surface area contributed by atoms with E-state index in [4.69, 9.17) is 0 Å². The Morgan fingerprint density at radius 2 is 1.11 bits per heavy atom. The summed E-state index contributed by atoms with van der Waals surface area (Å²) in [5, 5.41) is 5.52. The van der Waals surface area contributed by atoms with Crippen molar-refractivity contribution < 1.29 is 0 Å². The average molecular weight is 525 g/mol. The molecular weight excluding hydrogens is 501 g/mol. The van der Waals surface area contributed by atoms with Crippen molar-refractivity contribution in [3.05, 3.63) is 140 Å². The molecule has 36 heavy (non-hydrogen) atoms. The van der Waals surface area contributed by atoms with Gasteiger partial charge in [-0.05, 0) is 0 Å². The first-order chi connectivity index (χ1) is 17.9. The quantitative estimate of drug-likeness (QED) is 0.207. The molecule has 0 N–H and O–H groups in total. The van der Waals surface area contributed by atoms with Gasteiger partial charge in [0, 0.05) is 0 Å². The van der Waals surface area contributed by atoms with Crippen LogP contribution in [0.5, 0.6) is 0 Å². The van der Waals surface area contributed by atoms with Crippen LogP contribution in [0.3, 0.4) is 0 Å². The maximum absolute atomic E-state index is 2.43. The zero-order valence-corrected chi connectivity index (χ0v) is 21.3. The number of anilines is 3. The van der Waals surface area contributed by atoms with Gasteiger partial charge in [-0.25, -0.2) is 0 Å². The van der Waals surface area contributed by atoms with Crippen LogP contribution in [0.15, 0.2) is 140 Å². The number of hydrogen-bond donors (Lipinski definition) is 0. The van der Waals surface area contributed by atoms with Crippen LogP contribution >= 0.6 is 0 Å². The topological polar surface area (TPSA) is 3.24 Å². The van der Waals surface area contributed by atoms with Gasteiger partial charge in [-0.2, -0.15) is 0 Å². The monoisotopic (exact) mass is 525 g/mol. The van der Waals surface area contributed by atoms with E-state index in [1.165, 1.54) is 46.9 Å². The van der Waals surface area contributed by atoms with Gasteiger partial charge >= 0.3 is 217 Å². The molecule has 0 aliphatic carbocycles. The summed E-state index contributed by atoms with van der Waals surface area (Å²) in [4.78, 5) is 2.36. The van der Waals surface area contributed by atoms with Crippen LogP contribution in [0.2, 0.25) is 0 Å². The van der Waals surface area contributed by atoms with Crippen LogP contribution in [0.25, 0.3) is 41.2 Å². The standard InChI is InChI=1S/C34H23NSe/c1-3-12-26(13-4-1)35(27-14-5-2-6-15-27)32-18-10-9-16-28(32)25-20-21-30-31-22-19-24-11-7-8-17-29(24)34(31)36-33(30)23-25/h1-23H. The van der Waals surface area contributed by atoms with Crippen LogP contribution < -0.4 is 4.90 Å². The average Bonchev–Trinajstić information content (AvgIpc) is 3.33. The Kier molecular flexibility index (Phi) is 5.21. The van der Waals surface area contributed by atoms with Gasteiger partial charge in [0.25, 0.3) is 0 Å². The van der Waals surface area contributed by atoms with Crippen molar-refractivity contribution in [3.8, 4) is 11.1 Å². The van der Waals surface area contributed by atoms with E-state index in [0.29, 0.717) is 0 Å². The summed E-state index contributed by atoms with van der Waals surface area (Å²) in [7, 11) is 0. The second-order valence-electron chi connectivity index (χ2n) is 9.00. The molecule has 0 aliphatic heterocycles. The van der Waals surface area contributed by atoms with E-state index in [1.807, 2.05) is 0 Å². The molecule has 0 saturated carbocycles. The Morgan fingerprint density at radius 1 is 0.472 bits per heavy atom. The molecule has 7 rings (SSSR count). The first-order valence-electron chi connectivity index (χ1n) is 12.2. The fourth-order valence-electron chi connectivity index (χ4n) is 5.17. The van der Waals surface area contributed by atoms with Gasteiger partial charge in [0.05, 0.1) is 0 Å². The minimum absolute atomic E-state index is 0.287. The summed E-state index contributed by atoms with van der Waals surface area (Å²) >= 11 is 0.287. The zero-order chi connectivity index (χ0) is 23.9. The van der Waals surface area contributed by atoms with E-state index >= 15 is 0 Å². The molecule has 7 aromatic rings. The van der Waals surface area contributed by atoms with Crippen molar-refractivity contribution in [2.24, 2.45) is 0 Å². The second kappa shape index (κ2) is 8.84. The van der Waals surface area contributed by atoms with E-state index in [9.17, 15) is 0 Å². The Labute approximate surface area is 216 Å². The molecule has 6 aromatic carbocycles. The molecule has 170 valence electrons. The van der Waals surface area contributed by atoms with Crippen LogP contribution in [0.4, 0.5) is 17.1 Å². The summed E-state index contributed by atoms with van der Waals surface area (Å²) in [6.45, 7) is 0. The predicted molar refractivity (Wildman–Crippen MR) is 156 cm³/mol. The Bertz CT molecular complexity index is 1790. The molecule has 0 atom stereocenters. The Hall–Kier alpha value is -4.10. The van der Waals surface area contributed by atoms with Gasteiger partial charge in [-0.3, -0.25) is 0 Å². The minimum atomic E-state index is 0.287. The summed E-state index contributed by atoms with van der Waals surface area (Å²) < 4.78 is 2.98. The third kappa shape index (κ3) is 3.55. The molecule has 0 spiro atoms. The fourth-order valence-corrected chi connectivity index (χ4v) is 7.85. The second-order valence-corrected chi connectivity index (χ2v) is 11.2. The summed E-state index contributed by atoms with van der Waals surface area (Å²) in [5.74, 6) is 0. The zero-order valence-electron chi connectivity index (χ0n) is 19.6. The Balaban J connectivity index is 1.43. The van der Waals surface area contributed by atoms with Gasteiger partial charge in [0.1, 0.15) is 0 Å². The van der Waals surface area contributed by atoms with E-state index in [1.54, 1.807) is 0 Å². The van der Waals surface area contributed by atoms with Crippen molar-refractivity contribution in [1.29, 1.82) is 0 Å². The van der Waals surface area contributed by atoms with Crippen molar-refractivity contribution in [3.63, 3.8) is 0 Å². The number of benzene rings is 6. The maximum atomic E-state index is 2.43. The summed E-state index contributed by atoms with van der Waals surface area (Å²) in [5.41, 5.74) is 5.99. The van der Waals surface area contributed by atoms with E-state index in [-0.39, 0.29) is 14.5 Å². The van der Waals surface area contributed by atoms with Crippen molar-refractivity contribution >= 4 is 61.6 Å². The van der Waals surface area contributed by atoms with Gasteiger partial charge in [0.2, 0.25) is 0 Å². The first-order valence-corrected chi connectivity index (χ1v) is 13.9. The summed E-state index contributed by atoms with van der Waals surface area (Å²) in [6.07, 6.45) is 0. The van der Waals surface area contributed by atoms with Gasteiger partial charge in [0.15, 0.2) is 0 Å². The molecule has 0 radical (unpaired) electrons. The first kappa shape index (κ1) is 21.2. The van der Waals surface area contributed by atoms with Crippen LogP contribution in [-0.2, 0) is 0 Å². The molecule has 1 aromatic heterocycles. The molecule has 2 heteroatoms. The molecule has 0 saturated heterocycles. The molecule has 0 bridgehead atoms. The molecule has 1 heterocycles. The molecule has 0 unspecified atom stereocenters. The molecule has 0 fully saturated rings. The molecule has 1 nitrogen and oxygen atoms in total. The number of rotatable bonds is 4. The number of hydrogen-bond acceptors (Lipinski definition) is 1.